The van der Waals surface area contributed by atoms with Crippen LogP contribution in [0.25, 0.3) is 0 Å². The van der Waals surface area contributed by atoms with E-state index in [9.17, 15) is 4.79 Å². The van der Waals surface area contributed by atoms with E-state index in [0.29, 0.717) is 0 Å². The van der Waals surface area contributed by atoms with E-state index in [2.05, 4.69) is 6.07 Å². The minimum atomic E-state index is 0.0900. The van der Waals surface area contributed by atoms with E-state index in [4.69, 9.17) is 0 Å². The second kappa shape index (κ2) is 3.13. The third-order valence-corrected chi connectivity index (χ3v) is 2.32. The topological polar surface area (TPSA) is 20.1 Å². The summed E-state index contributed by atoms with van der Waals surface area (Å²) in [5, 5.41) is 0. The van der Waals surface area contributed by atoms with Crippen molar-refractivity contribution >= 4 is 17.8 Å². The lowest BCUT2D eigenvalue weighted by molar-refractivity contribution is -0.363. The maximum Gasteiger partial charge on any atom is 0.389 e. The van der Waals surface area contributed by atoms with Gasteiger partial charge in [-0.3, -0.25) is 0 Å². The highest BCUT2D eigenvalue weighted by atomic mass is 16.1. The van der Waals surface area contributed by atoms with Gasteiger partial charge in [0.05, 0.1) is 6.92 Å². The van der Waals surface area contributed by atoms with Gasteiger partial charge in [0.15, 0.2) is 6.21 Å². The smallest absolute Gasteiger partial charge is 0.220 e. The molecule has 1 heterocycles. The number of para-hydroxylation sites is 1. The molecule has 2 heteroatoms. The average Bonchev–Trinajstić information content (AvgIpc) is 2.17. The summed E-state index contributed by atoms with van der Waals surface area (Å²) >= 11 is 0. The molecule has 1 aromatic rings. The van der Waals surface area contributed by atoms with Crippen molar-refractivity contribution in [3.8, 4) is 0 Å². The Morgan fingerprint density at radius 3 is 2.92 bits per heavy atom. The molecule has 13 heavy (non-hydrogen) atoms. The van der Waals surface area contributed by atoms with Gasteiger partial charge >= 0.3 is 5.91 Å². The normalized spacial score (nSPS) is 14.7. The van der Waals surface area contributed by atoms with E-state index >= 15 is 0 Å². The molecule has 66 valence electrons. The fourth-order valence-corrected chi connectivity index (χ4v) is 1.70. The second-order valence-corrected chi connectivity index (χ2v) is 3.24. The Labute approximate surface area is 77.5 Å². The van der Waals surface area contributed by atoms with E-state index in [1.807, 2.05) is 24.4 Å². The number of aryl methyl sites for hydroxylation is 1. The van der Waals surface area contributed by atoms with Crippen molar-refractivity contribution in [1.82, 2.24) is 0 Å². The van der Waals surface area contributed by atoms with Gasteiger partial charge in [-0.2, -0.15) is 0 Å². The summed E-state index contributed by atoms with van der Waals surface area (Å²) in [5.41, 5.74) is 2.31. The summed E-state index contributed by atoms with van der Waals surface area (Å²) in [6.45, 7) is 1.60. The van der Waals surface area contributed by atoms with Crippen LogP contribution in [0, 0.1) is 0 Å². The molecule has 0 N–H and O–H groups in total. The molecule has 0 fully saturated rings. The predicted octanol–water partition coefficient (Wildman–Crippen LogP) is 1.89. The van der Waals surface area contributed by atoms with Gasteiger partial charge in [0.2, 0.25) is 5.69 Å². The monoisotopic (exact) mass is 174 g/mol. The first kappa shape index (κ1) is 8.17. The average molecular weight is 174 g/mol. The van der Waals surface area contributed by atoms with Crippen LogP contribution in [0.3, 0.4) is 0 Å². The summed E-state index contributed by atoms with van der Waals surface area (Å²) < 4.78 is 1.73. The SMILES string of the molecule is CC(=O)[N+]1=CCCc2ccccc21. The van der Waals surface area contributed by atoms with Crippen LogP contribution in [0.15, 0.2) is 24.3 Å². The van der Waals surface area contributed by atoms with Gasteiger partial charge in [0, 0.05) is 18.1 Å². The number of benzene rings is 1. The Bertz CT molecular complexity index is 379. The van der Waals surface area contributed by atoms with Crippen molar-refractivity contribution in [2.24, 2.45) is 0 Å². The van der Waals surface area contributed by atoms with Crippen molar-refractivity contribution in [2.45, 2.75) is 19.8 Å². The number of hydrogen-bond acceptors (Lipinski definition) is 1. The zero-order valence-electron chi connectivity index (χ0n) is 7.66. The van der Waals surface area contributed by atoms with Crippen LogP contribution in [0.2, 0.25) is 0 Å². The minimum Gasteiger partial charge on any atom is -0.220 e. The Morgan fingerprint density at radius 2 is 2.15 bits per heavy atom. The second-order valence-electron chi connectivity index (χ2n) is 3.24. The number of fused-ring (bicyclic) bond motifs is 1. The molecule has 0 aliphatic carbocycles. The van der Waals surface area contributed by atoms with Crippen LogP contribution in [0.5, 0.6) is 0 Å². The minimum absolute atomic E-state index is 0.0900. The molecular weight excluding hydrogens is 162 g/mol. The lowest BCUT2D eigenvalue weighted by Crippen LogP contribution is -2.18. The van der Waals surface area contributed by atoms with Gasteiger partial charge in [-0.05, 0) is 6.42 Å². The van der Waals surface area contributed by atoms with Crippen molar-refractivity contribution in [3.63, 3.8) is 0 Å². The molecule has 0 spiro atoms. The highest BCUT2D eigenvalue weighted by Crippen LogP contribution is 2.22. The molecular formula is C11H12NO+. The lowest BCUT2D eigenvalue weighted by atomic mass is 10.0. The number of carbonyl (C=O) groups excluding carboxylic acids is 1. The summed E-state index contributed by atoms with van der Waals surface area (Å²) in [6, 6.07) is 8.06. The number of amides is 1. The molecule has 0 saturated heterocycles. The Kier molecular flexibility index (Phi) is 1.97. The molecule has 2 rings (SSSR count). The summed E-state index contributed by atoms with van der Waals surface area (Å²) in [6.07, 6.45) is 3.96. The van der Waals surface area contributed by atoms with Crippen LogP contribution in [0.4, 0.5) is 5.69 Å². The van der Waals surface area contributed by atoms with E-state index in [0.717, 1.165) is 18.5 Å². The molecule has 0 saturated carbocycles. The molecule has 1 aliphatic rings. The van der Waals surface area contributed by atoms with Crippen molar-refractivity contribution in [2.75, 3.05) is 0 Å². The Hall–Kier alpha value is -1.44. The third kappa shape index (κ3) is 1.39. The summed E-state index contributed by atoms with van der Waals surface area (Å²) in [4.78, 5) is 11.3. The highest BCUT2D eigenvalue weighted by Gasteiger charge is 2.22. The summed E-state index contributed by atoms with van der Waals surface area (Å²) in [7, 11) is 0. The maximum absolute atomic E-state index is 11.3. The molecule has 1 amide bonds. The van der Waals surface area contributed by atoms with Gasteiger partial charge in [0.25, 0.3) is 0 Å². The number of rotatable bonds is 0. The first-order valence-corrected chi connectivity index (χ1v) is 4.50. The first-order chi connectivity index (χ1) is 6.29. The number of nitrogens with zero attached hydrogens (tertiary/aromatic N) is 1. The quantitative estimate of drug-likeness (QED) is 0.550. The Balaban J connectivity index is 2.53. The number of carbonyl (C=O) groups is 1. The maximum atomic E-state index is 11.3. The first-order valence-electron chi connectivity index (χ1n) is 4.50. The van der Waals surface area contributed by atoms with Crippen molar-refractivity contribution in [1.29, 1.82) is 0 Å². The van der Waals surface area contributed by atoms with E-state index < -0.39 is 0 Å². The molecule has 0 bridgehead atoms. The van der Waals surface area contributed by atoms with E-state index in [-0.39, 0.29) is 5.91 Å². The molecule has 0 atom stereocenters. The molecule has 1 aliphatic heterocycles. The van der Waals surface area contributed by atoms with Crippen molar-refractivity contribution < 1.29 is 9.37 Å². The molecule has 0 aromatic heterocycles. The van der Waals surface area contributed by atoms with Gasteiger partial charge in [0.1, 0.15) is 0 Å². The van der Waals surface area contributed by atoms with Crippen LogP contribution >= 0.6 is 0 Å². The molecule has 1 aromatic carbocycles. The highest BCUT2D eigenvalue weighted by molar-refractivity contribution is 5.75. The zero-order valence-corrected chi connectivity index (χ0v) is 7.66. The van der Waals surface area contributed by atoms with Gasteiger partial charge in [-0.25, -0.2) is 4.79 Å². The standard InChI is InChI=1S/C11H12NO/c1-9(13)12-8-4-6-10-5-2-3-7-11(10)12/h2-3,5,7-8H,4,6H2,1H3/q+1. The van der Waals surface area contributed by atoms with Crippen LogP contribution in [0.1, 0.15) is 18.9 Å². The molecule has 0 radical (unpaired) electrons. The van der Waals surface area contributed by atoms with Crippen LogP contribution in [-0.2, 0) is 11.2 Å². The van der Waals surface area contributed by atoms with Gasteiger partial charge in [-0.1, -0.05) is 18.2 Å². The Morgan fingerprint density at radius 1 is 1.38 bits per heavy atom. The molecule has 2 nitrogen and oxygen atoms in total. The largest absolute Gasteiger partial charge is 0.389 e. The molecule has 0 unspecified atom stereocenters. The van der Waals surface area contributed by atoms with Crippen molar-refractivity contribution in [3.05, 3.63) is 29.8 Å². The van der Waals surface area contributed by atoms with Crippen LogP contribution in [-0.4, -0.2) is 16.7 Å². The van der Waals surface area contributed by atoms with E-state index in [1.165, 1.54) is 5.56 Å². The lowest BCUT2D eigenvalue weighted by Gasteiger charge is -2.08. The van der Waals surface area contributed by atoms with Crippen LogP contribution < -0.4 is 0 Å². The van der Waals surface area contributed by atoms with Gasteiger partial charge < -0.3 is 0 Å². The fourth-order valence-electron chi connectivity index (χ4n) is 1.70. The third-order valence-electron chi connectivity index (χ3n) is 2.32. The van der Waals surface area contributed by atoms with Gasteiger partial charge in [-0.15, -0.1) is 4.58 Å². The number of hydrogen-bond donors (Lipinski definition) is 0. The predicted molar refractivity (Wildman–Crippen MR) is 51.4 cm³/mol. The van der Waals surface area contributed by atoms with E-state index in [1.54, 1.807) is 11.5 Å². The zero-order chi connectivity index (χ0) is 9.26. The fraction of sp³-hybridized carbons (Fsp3) is 0.273. The summed E-state index contributed by atoms with van der Waals surface area (Å²) in [5.74, 6) is 0.0900.